The molecule has 1 saturated heterocycles. The molecule has 3 rings (SSSR count). The van der Waals surface area contributed by atoms with Crippen LogP contribution in [0.4, 0.5) is 4.79 Å². The first-order chi connectivity index (χ1) is 11.4. The quantitative estimate of drug-likeness (QED) is 0.842. The maximum Gasteiger partial charge on any atom is 0.405 e. The summed E-state index contributed by atoms with van der Waals surface area (Å²) in [6.45, 7) is 0.551. The number of benzene rings is 1. The molecule has 8 heteroatoms. The van der Waals surface area contributed by atoms with E-state index in [4.69, 9.17) is 5.11 Å². The predicted octanol–water partition coefficient (Wildman–Crippen LogP) is 1.03. The molecule has 0 aromatic heterocycles. The van der Waals surface area contributed by atoms with Gasteiger partial charge in [0.25, 0.3) is 0 Å². The van der Waals surface area contributed by atoms with Gasteiger partial charge in [0.05, 0.1) is 5.75 Å². The zero-order valence-corrected chi connectivity index (χ0v) is 13.9. The van der Waals surface area contributed by atoms with Crippen LogP contribution in [0, 0.1) is 5.92 Å². The summed E-state index contributed by atoms with van der Waals surface area (Å²) in [5.41, 5.74) is 0.627. The second-order valence-corrected chi connectivity index (χ2v) is 8.65. The van der Waals surface area contributed by atoms with E-state index in [1.165, 1.54) is 4.90 Å². The van der Waals surface area contributed by atoms with Gasteiger partial charge in [-0.3, -0.25) is 4.79 Å². The van der Waals surface area contributed by atoms with E-state index >= 15 is 0 Å². The number of rotatable bonds is 4. The molecule has 0 bridgehead atoms. The molecule has 1 saturated carbocycles. The lowest BCUT2D eigenvalue weighted by molar-refractivity contribution is -0.132. The van der Waals surface area contributed by atoms with Gasteiger partial charge in [0.15, 0.2) is 9.84 Å². The summed E-state index contributed by atoms with van der Waals surface area (Å²) in [4.78, 5) is 25.1. The molecule has 7 nitrogen and oxygen atoms in total. The molecule has 2 amide bonds. The molecule has 2 N–H and O–H groups in total. The number of carbonyl (C=O) groups excluding carboxylic acids is 1. The molecular weight excluding hydrogens is 332 g/mol. The topological polar surface area (TPSA) is 104 Å². The van der Waals surface area contributed by atoms with Crippen molar-refractivity contribution in [3.8, 4) is 0 Å². The molecule has 1 aliphatic carbocycles. The summed E-state index contributed by atoms with van der Waals surface area (Å²) in [5, 5.41) is 10.2. The maximum absolute atomic E-state index is 12.8. The van der Waals surface area contributed by atoms with Crippen molar-refractivity contribution in [3.05, 3.63) is 35.9 Å². The zero-order chi connectivity index (χ0) is 17.3. The van der Waals surface area contributed by atoms with Crippen LogP contribution in [0.25, 0.3) is 0 Å². The predicted molar refractivity (Wildman–Crippen MR) is 87.2 cm³/mol. The highest BCUT2D eigenvalue weighted by atomic mass is 32.2. The molecule has 2 fully saturated rings. The Morgan fingerprint density at radius 2 is 1.92 bits per heavy atom. The van der Waals surface area contributed by atoms with Gasteiger partial charge in [-0.15, -0.1) is 0 Å². The minimum Gasteiger partial charge on any atom is -0.465 e. The average molecular weight is 352 g/mol. The highest BCUT2D eigenvalue weighted by molar-refractivity contribution is 7.91. The summed E-state index contributed by atoms with van der Waals surface area (Å²) in [5.74, 6) is -0.582. The van der Waals surface area contributed by atoms with Crippen LogP contribution in [-0.2, 0) is 14.6 Å². The summed E-state index contributed by atoms with van der Waals surface area (Å²) in [7, 11) is -3.68. The fourth-order valence-corrected chi connectivity index (χ4v) is 4.96. The lowest BCUT2D eigenvalue weighted by Crippen LogP contribution is -2.49. The third-order valence-corrected chi connectivity index (χ3v) is 6.56. The Bertz CT molecular complexity index is 730. The smallest absolute Gasteiger partial charge is 0.405 e. The van der Waals surface area contributed by atoms with E-state index in [0.717, 1.165) is 12.8 Å². The Balaban J connectivity index is 1.95. The highest BCUT2D eigenvalue weighted by Gasteiger charge is 2.42. The molecule has 1 aromatic rings. The summed E-state index contributed by atoms with van der Waals surface area (Å²) >= 11 is 0. The third-order valence-electron chi connectivity index (χ3n) is 4.47. The van der Waals surface area contributed by atoms with Gasteiger partial charge in [0.1, 0.15) is 11.3 Å². The van der Waals surface area contributed by atoms with Gasteiger partial charge in [-0.25, -0.2) is 13.2 Å². The van der Waals surface area contributed by atoms with Gasteiger partial charge >= 0.3 is 6.09 Å². The number of hydrogen-bond acceptors (Lipinski definition) is 4. The van der Waals surface area contributed by atoms with Crippen molar-refractivity contribution in [1.82, 2.24) is 10.2 Å². The van der Waals surface area contributed by atoms with Crippen LogP contribution in [-0.4, -0.2) is 55.3 Å². The number of carboxylic acid groups (broad SMARTS) is 1. The molecule has 2 atom stereocenters. The van der Waals surface area contributed by atoms with Crippen LogP contribution in [0.1, 0.15) is 23.7 Å². The molecule has 1 heterocycles. The van der Waals surface area contributed by atoms with Crippen molar-refractivity contribution in [2.75, 3.05) is 18.8 Å². The fraction of sp³-hybridized carbons (Fsp3) is 0.500. The van der Waals surface area contributed by atoms with Crippen LogP contribution in [0.2, 0.25) is 0 Å². The molecule has 0 spiro atoms. The Hall–Kier alpha value is -2.09. The third kappa shape index (κ3) is 3.69. The van der Waals surface area contributed by atoms with Crippen molar-refractivity contribution in [1.29, 1.82) is 0 Å². The molecule has 1 aliphatic heterocycles. The van der Waals surface area contributed by atoms with E-state index in [2.05, 4.69) is 5.32 Å². The van der Waals surface area contributed by atoms with Crippen LogP contribution < -0.4 is 5.32 Å². The molecule has 24 heavy (non-hydrogen) atoms. The van der Waals surface area contributed by atoms with Crippen molar-refractivity contribution < 1.29 is 23.1 Å². The normalized spacial score (nSPS) is 26.7. The van der Waals surface area contributed by atoms with E-state index in [1.807, 2.05) is 0 Å². The van der Waals surface area contributed by atoms with E-state index in [1.54, 1.807) is 30.3 Å². The standard InChI is InChI=1S/C16H20N2O5S/c19-15-13(17-16(20)21)10-24(22,23)14(12-4-2-1-3-5-12)9-18(15)8-11-6-7-11/h1-5,11,13-14,17H,6-10H2,(H,20,21)/t13-,14-/m1/s1. The van der Waals surface area contributed by atoms with E-state index in [0.29, 0.717) is 18.0 Å². The second kappa shape index (κ2) is 6.43. The highest BCUT2D eigenvalue weighted by Crippen LogP contribution is 2.33. The van der Waals surface area contributed by atoms with E-state index in [-0.39, 0.29) is 6.54 Å². The van der Waals surface area contributed by atoms with Crippen LogP contribution in [0.15, 0.2) is 30.3 Å². The van der Waals surface area contributed by atoms with Gasteiger partial charge in [-0.05, 0) is 24.3 Å². The summed E-state index contributed by atoms with van der Waals surface area (Å²) < 4.78 is 25.5. The molecule has 2 aliphatic rings. The molecular formula is C16H20N2O5S. The first-order valence-electron chi connectivity index (χ1n) is 7.91. The fourth-order valence-electron chi connectivity index (χ4n) is 3.05. The van der Waals surface area contributed by atoms with Gasteiger partial charge in [0, 0.05) is 13.1 Å². The van der Waals surface area contributed by atoms with Gasteiger partial charge in [-0.1, -0.05) is 30.3 Å². The second-order valence-electron chi connectivity index (χ2n) is 6.42. The Labute approximate surface area is 140 Å². The van der Waals surface area contributed by atoms with Crippen LogP contribution in [0.3, 0.4) is 0 Å². The molecule has 0 unspecified atom stereocenters. The molecule has 1 aromatic carbocycles. The van der Waals surface area contributed by atoms with E-state index in [9.17, 15) is 18.0 Å². The van der Waals surface area contributed by atoms with Gasteiger partial charge in [0.2, 0.25) is 5.91 Å². The minimum atomic E-state index is -3.68. The lowest BCUT2D eigenvalue weighted by Gasteiger charge is -2.25. The number of amides is 2. The largest absolute Gasteiger partial charge is 0.465 e. The number of hydrogen-bond donors (Lipinski definition) is 2. The van der Waals surface area contributed by atoms with Gasteiger partial charge < -0.3 is 15.3 Å². The molecule has 130 valence electrons. The van der Waals surface area contributed by atoms with Gasteiger partial charge in [-0.2, -0.15) is 0 Å². The zero-order valence-electron chi connectivity index (χ0n) is 13.1. The number of carbonyl (C=O) groups is 2. The number of nitrogens with one attached hydrogen (secondary N) is 1. The Kier molecular flexibility index (Phi) is 4.49. The SMILES string of the molecule is O=C(O)N[C@@H]1CS(=O)(=O)[C@@H](c2ccccc2)CN(CC2CC2)C1=O. The van der Waals surface area contributed by atoms with Crippen molar-refractivity contribution >= 4 is 21.8 Å². The average Bonchev–Trinajstić information content (AvgIpc) is 3.34. The van der Waals surface area contributed by atoms with Crippen molar-refractivity contribution in [3.63, 3.8) is 0 Å². The number of sulfone groups is 1. The lowest BCUT2D eigenvalue weighted by atomic mass is 10.1. The number of nitrogens with zero attached hydrogens (tertiary/aromatic N) is 1. The Morgan fingerprint density at radius 3 is 2.50 bits per heavy atom. The molecule has 0 radical (unpaired) electrons. The Morgan fingerprint density at radius 1 is 1.25 bits per heavy atom. The first-order valence-corrected chi connectivity index (χ1v) is 9.63. The summed E-state index contributed by atoms with van der Waals surface area (Å²) in [6, 6.07) is 7.53. The van der Waals surface area contributed by atoms with Crippen molar-refractivity contribution in [2.45, 2.75) is 24.1 Å². The summed E-state index contributed by atoms with van der Waals surface area (Å²) in [6.07, 6.45) is 0.640. The van der Waals surface area contributed by atoms with Crippen LogP contribution in [0.5, 0.6) is 0 Å². The monoisotopic (exact) mass is 352 g/mol. The maximum atomic E-state index is 12.8. The first kappa shape index (κ1) is 16.8. The minimum absolute atomic E-state index is 0.0689. The van der Waals surface area contributed by atoms with E-state index < -0.39 is 38.9 Å². The van der Waals surface area contributed by atoms with Crippen LogP contribution >= 0.6 is 0 Å². The van der Waals surface area contributed by atoms with Crippen molar-refractivity contribution in [2.24, 2.45) is 5.92 Å².